The molecule has 0 aromatic heterocycles. The van der Waals surface area contributed by atoms with Crippen LogP contribution < -0.4 is 20.7 Å². The summed E-state index contributed by atoms with van der Waals surface area (Å²) >= 11 is 0. The van der Waals surface area contributed by atoms with Crippen LogP contribution in [-0.2, 0) is 5.41 Å². The lowest BCUT2D eigenvalue weighted by atomic mass is 9.65. The first-order chi connectivity index (χ1) is 33.7. The Labute approximate surface area is 395 Å². The molecule has 324 valence electrons. The van der Waals surface area contributed by atoms with Gasteiger partial charge in [0.15, 0.2) is 6.17 Å². The van der Waals surface area contributed by atoms with Gasteiger partial charge in [0.2, 0.25) is 0 Å². The Bertz CT molecular complexity index is 3480. The fourth-order valence-corrected chi connectivity index (χ4v) is 10.5. The zero-order valence-corrected chi connectivity index (χ0v) is 36.9. The van der Waals surface area contributed by atoms with E-state index in [0.29, 0.717) is 0 Å². The first-order valence-electron chi connectivity index (χ1n) is 23.2. The van der Waals surface area contributed by atoms with Crippen molar-refractivity contribution in [3.8, 4) is 33.8 Å². The molecule has 4 unspecified atom stereocenters. The van der Waals surface area contributed by atoms with E-state index in [1.54, 1.807) is 0 Å². The van der Waals surface area contributed by atoms with Gasteiger partial charge in [-0.25, -0.2) is 15.0 Å². The van der Waals surface area contributed by atoms with Crippen molar-refractivity contribution in [2.45, 2.75) is 23.9 Å². The van der Waals surface area contributed by atoms with Crippen LogP contribution in [0.25, 0.3) is 22.3 Å². The zero-order valence-electron chi connectivity index (χ0n) is 36.9. The van der Waals surface area contributed by atoms with Crippen molar-refractivity contribution < 1.29 is 4.74 Å². The average molecular weight is 877 g/mol. The van der Waals surface area contributed by atoms with E-state index in [4.69, 9.17) is 19.7 Å². The Morgan fingerprint density at radius 3 is 1.71 bits per heavy atom. The molecular weight excluding hydrogens is 833 g/mol. The van der Waals surface area contributed by atoms with Crippen LogP contribution in [0.15, 0.2) is 245 Å². The lowest BCUT2D eigenvalue weighted by Crippen LogP contribution is -2.45. The van der Waals surface area contributed by atoms with Gasteiger partial charge in [-0.2, -0.15) is 0 Å². The minimum Gasteiger partial charge on any atom is -0.457 e. The maximum absolute atomic E-state index is 7.02. The fraction of sp³-hybridized carbons (Fsp3) is 0.0656. The molecule has 7 heteroatoms. The van der Waals surface area contributed by atoms with Gasteiger partial charge in [-0.15, -0.1) is 0 Å². The number of amidine groups is 3. The molecule has 0 saturated carbocycles. The van der Waals surface area contributed by atoms with Crippen molar-refractivity contribution >= 4 is 17.5 Å². The second-order valence-corrected chi connectivity index (χ2v) is 17.6. The van der Waals surface area contributed by atoms with Gasteiger partial charge in [0.05, 0.1) is 5.41 Å². The van der Waals surface area contributed by atoms with Gasteiger partial charge in [0.1, 0.15) is 41.3 Å². The lowest BCUT2D eigenvalue weighted by molar-refractivity contribution is 0.403. The van der Waals surface area contributed by atoms with Gasteiger partial charge < -0.3 is 15.4 Å². The van der Waals surface area contributed by atoms with E-state index in [1.807, 2.05) is 24.3 Å². The molecule has 0 bridgehead atoms. The summed E-state index contributed by atoms with van der Waals surface area (Å²) in [6, 6.07) is 81.1. The quantitative estimate of drug-likeness (QED) is 0.149. The van der Waals surface area contributed by atoms with Crippen molar-refractivity contribution in [1.29, 1.82) is 0 Å². The van der Waals surface area contributed by atoms with E-state index >= 15 is 0 Å². The highest BCUT2D eigenvalue weighted by Gasteiger charge is 2.51. The molecular formula is C61H44N6O. The molecule has 9 aromatic rings. The van der Waals surface area contributed by atoms with E-state index in [-0.39, 0.29) is 12.3 Å². The lowest BCUT2D eigenvalue weighted by Gasteiger charge is -2.40. The minimum atomic E-state index is -0.702. The van der Waals surface area contributed by atoms with Crippen LogP contribution >= 0.6 is 0 Å². The maximum atomic E-state index is 7.02. The normalized spacial score (nSPS) is 19.6. The van der Waals surface area contributed by atoms with Crippen LogP contribution in [0.4, 0.5) is 0 Å². The second-order valence-electron chi connectivity index (χ2n) is 17.6. The summed E-state index contributed by atoms with van der Waals surface area (Å²) in [6.07, 6.45) is -1.04. The molecule has 3 N–H and O–H groups in total. The van der Waals surface area contributed by atoms with Crippen LogP contribution in [0.2, 0.25) is 0 Å². The Morgan fingerprint density at radius 1 is 0.368 bits per heavy atom. The Hall–Kier alpha value is -8.65. The summed E-state index contributed by atoms with van der Waals surface area (Å²) < 4.78 is 7.02. The molecule has 4 atom stereocenters. The van der Waals surface area contributed by atoms with Crippen molar-refractivity contribution in [1.82, 2.24) is 16.0 Å². The Morgan fingerprint density at radius 2 is 0.941 bits per heavy atom. The molecule has 1 aliphatic carbocycles. The van der Waals surface area contributed by atoms with Crippen molar-refractivity contribution in [2.75, 3.05) is 0 Å². The van der Waals surface area contributed by atoms with Gasteiger partial charge in [0, 0.05) is 27.8 Å². The molecule has 1 spiro atoms. The van der Waals surface area contributed by atoms with Gasteiger partial charge in [-0.05, 0) is 74.3 Å². The Kier molecular flexibility index (Phi) is 9.54. The number of aliphatic imine (C=N–C) groups is 3. The van der Waals surface area contributed by atoms with Crippen molar-refractivity contribution in [2.24, 2.45) is 15.0 Å². The number of benzene rings is 9. The fourth-order valence-electron chi connectivity index (χ4n) is 10.5. The number of hydrogen-bond donors (Lipinski definition) is 3. The SMILES string of the molecule is c1ccc(C2=NC(c3ccc4c(c3)C3(c5ccccc5Oc5cc(C6N=C(c7ccccc7)NC(c7ccccc7)N6)ccc53)c3ccccc3-4)N=C(c3cccc(-c4ccccc4)c3)N2)cc1. The summed E-state index contributed by atoms with van der Waals surface area (Å²) in [6.45, 7) is 0. The first kappa shape index (κ1) is 39.7. The highest BCUT2D eigenvalue weighted by atomic mass is 16.5. The standard InChI is InChI=1S/C61H44N6O/c1-5-18-39(19-6-1)43-26-17-27-44(36-43)58-63-57(42-24-11-4-12-25-42)64-59(67-58)45-32-34-48-47-28-13-14-29-49(47)61(52(48)37-45)50-30-15-16-31-53(50)68-54-38-46(33-35-51(54)61)60-65-55(40-20-7-2-8-21-40)62-56(66-60)41-22-9-3-10-23-41/h1-38,55,59-60,65H,(H,62,66)(H,63,64,67). The van der Waals surface area contributed by atoms with Crippen LogP contribution in [-0.4, -0.2) is 17.5 Å². The third kappa shape index (κ3) is 6.66. The molecule has 3 aliphatic heterocycles. The van der Waals surface area contributed by atoms with Crippen LogP contribution in [0.1, 0.15) is 74.1 Å². The Balaban J connectivity index is 0.965. The third-order valence-electron chi connectivity index (χ3n) is 13.7. The number of nitrogens with zero attached hydrogens (tertiary/aromatic N) is 3. The van der Waals surface area contributed by atoms with Gasteiger partial charge in [-0.1, -0.05) is 206 Å². The second kappa shape index (κ2) is 16.3. The van der Waals surface area contributed by atoms with E-state index in [1.165, 1.54) is 22.3 Å². The smallest absolute Gasteiger partial charge is 0.169 e. The third-order valence-corrected chi connectivity index (χ3v) is 13.7. The molecule has 68 heavy (non-hydrogen) atoms. The summed E-state index contributed by atoms with van der Waals surface area (Å²) in [4.78, 5) is 16.1. The summed E-state index contributed by atoms with van der Waals surface area (Å²) in [5.74, 6) is 4.00. The predicted molar refractivity (Wildman–Crippen MR) is 272 cm³/mol. The van der Waals surface area contributed by atoms with Gasteiger partial charge >= 0.3 is 0 Å². The molecule has 4 aliphatic rings. The van der Waals surface area contributed by atoms with E-state index in [9.17, 15) is 0 Å². The number of fused-ring (bicyclic) bond motifs is 9. The van der Waals surface area contributed by atoms with E-state index in [0.717, 1.165) is 84.6 Å². The maximum Gasteiger partial charge on any atom is 0.169 e. The van der Waals surface area contributed by atoms with Gasteiger partial charge in [0.25, 0.3) is 0 Å². The number of nitrogens with one attached hydrogen (secondary N) is 3. The molecule has 7 nitrogen and oxygen atoms in total. The molecule has 13 rings (SSSR count). The molecule has 0 amide bonds. The monoisotopic (exact) mass is 876 g/mol. The van der Waals surface area contributed by atoms with Gasteiger partial charge in [-0.3, -0.25) is 5.32 Å². The molecule has 0 radical (unpaired) electrons. The molecule has 3 heterocycles. The highest BCUT2D eigenvalue weighted by molar-refractivity contribution is 6.16. The number of rotatable bonds is 7. The highest BCUT2D eigenvalue weighted by Crippen LogP contribution is 2.62. The minimum absolute atomic E-state index is 0.166. The van der Waals surface area contributed by atoms with E-state index < -0.39 is 11.6 Å². The summed E-state index contributed by atoms with van der Waals surface area (Å²) in [5.41, 5.74) is 14.7. The number of hydrogen-bond acceptors (Lipinski definition) is 7. The molecule has 9 aromatic carbocycles. The molecule has 0 fully saturated rings. The van der Waals surface area contributed by atoms with Crippen LogP contribution in [0.3, 0.4) is 0 Å². The largest absolute Gasteiger partial charge is 0.457 e. The zero-order chi connectivity index (χ0) is 45.0. The predicted octanol–water partition coefficient (Wildman–Crippen LogP) is 12.7. The molecule has 0 saturated heterocycles. The first-order valence-corrected chi connectivity index (χ1v) is 23.2. The van der Waals surface area contributed by atoms with Crippen LogP contribution in [0, 0.1) is 0 Å². The van der Waals surface area contributed by atoms with Crippen molar-refractivity contribution in [3.05, 3.63) is 286 Å². The number of ether oxygens (including phenoxy) is 1. The summed E-state index contributed by atoms with van der Waals surface area (Å²) in [5, 5.41) is 11.1. The number of para-hydroxylation sites is 1. The van der Waals surface area contributed by atoms with Crippen molar-refractivity contribution in [3.63, 3.8) is 0 Å². The topological polar surface area (TPSA) is 82.4 Å². The average Bonchev–Trinajstić information content (AvgIpc) is 3.71. The van der Waals surface area contributed by atoms with E-state index in [2.05, 4.69) is 222 Å². The van der Waals surface area contributed by atoms with Crippen LogP contribution in [0.5, 0.6) is 11.5 Å². The summed E-state index contributed by atoms with van der Waals surface area (Å²) in [7, 11) is 0.